The van der Waals surface area contributed by atoms with Gasteiger partial charge in [0.15, 0.2) is 5.96 Å². The maximum Gasteiger partial charge on any atom is 0.326 e. The minimum Gasteiger partial charge on any atom is -0.480 e. The molecule has 1 heterocycles. The number of aromatic amines is 1. The lowest BCUT2D eigenvalue weighted by atomic mass is 9.97. The largest absolute Gasteiger partial charge is 0.480 e. The summed E-state index contributed by atoms with van der Waals surface area (Å²) in [6.45, 7) is 3.92. The van der Waals surface area contributed by atoms with E-state index in [0.717, 1.165) is 16.5 Å². The third-order valence-corrected chi connectivity index (χ3v) is 6.99. The van der Waals surface area contributed by atoms with Crippen molar-refractivity contribution in [2.75, 3.05) is 12.3 Å². The number of carboxylic acids is 1. The molecular formula is C26H40N8O5S. The van der Waals surface area contributed by atoms with Crippen LogP contribution < -0.4 is 33.2 Å². The van der Waals surface area contributed by atoms with Gasteiger partial charge in [-0.25, -0.2) is 4.79 Å². The first kappa shape index (κ1) is 32.4. The van der Waals surface area contributed by atoms with Crippen LogP contribution in [-0.2, 0) is 25.6 Å². The summed E-state index contributed by atoms with van der Waals surface area (Å²) >= 11 is 4.17. The van der Waals surface area contributed by atoms with Crippen LogP contribution in [0.3, 0.4) is 0 Å². The normalized spacial score (nSPS) is 14.8. The van der Waals surface area contributed by atoms with Crippen molar-refractivity contribution in [3.05, 3.63) is 36.0 Å². The summed E-state index contributed by atoms with van der Waals surface area (Å²) in [4.78, 5) is 57.8. The van der Waals surface area contributed by atoms with Gasteiger partial charge in [-0.2, -0.15) is 12.6 Å². The molecule has 220 valence electrons. The number of aliphatic imine (C=N–C) groups is 1. The lowest BCUT2D eigenvalue weighted by Crippen LogP contribution is -2.59. The van der Waals surface area contributed by atoms with Crippen LogP contribution in [0.5, 0.6) is 0 Å². The van der Waals surface area contributed by atoms with E-state index in [1.165, 1.54) is 0 Å². The number of rotatable bonds is 16. The van der Waals surface area contributed by atoms with Gasteiger partial charge in [0.1, 0.15) is 18.1 Å². The van der Waals surface area contributed by atoms with Crippen LogP contribution in [0.1, 0.15) is 38.7 Å². The maximum absolute atomic E-state index is 13.3. The van der Waals surface area contributed by atoms with Crippen LogP contribution in [0, 0.1) is 5.92 Å². The number of aromatic nitrogens is 1. The van der Waals surface area contributed by atoms with E-state index >= 15 is 0 Å². The average molecular weight is 577 g/mol. The molecule has 0 radical (unpaired) electrons. The van der Waals surface area contributed by atoms with E-state index in [1.54, 1.807) is 13.1 Å². The van der Waals surface area contributed by atoms with Crippen LogP contribution in [0.15, 0.2) is 35.5 Å². The van der Waals surface area contributed by atoms with Crippen molar-refractivity contribution < 1.29 is 24.3 Å². The zero-order valence-corrected chi connectivity index (χ0v) is 23.6. The number of H-pyrrole nitrogens is 1. The Morgan fingerprint density at radius 1 is 1.05 bits per heavy atom. The van der Waals surface area contributed by atoms with Crippen LogP contribution in [0.25, 0.3) is 10.9 Å². The van der Waals surface area contributed by atoms with Crippen LogP contribution >= 0.6 is 12.6 Å². The van der Waals surface area contributed by atoms with Crippen LogP contribution in [0.4, 0.5) is 0 Å². The topological polar surface area (TPSA) is 231 Å². The molecule has 5 atom stereocenters. The highest BCUT2D eigenvalue weighted by molar-refractivity contribution is 7.80. The van der Waals surface area contributed by atoms with Crippen LogP contribution in [-0.4, -0.2) is 76.2 Å². The highest BCUT2D eigenvalue weighted by Crippen LogP contribution is 2.19. The predicted molar refractivity (Wildman–Crippen MR) is 157 cm³/mol. The lowest BCUT2D eigenvalue weighted by Gasteiger charge is -2.27. The van der Waals surface area contributed by atoms with Gasteiger partial charge in [0.05, 0.1) is 6.04 Å². The van der Waals surface area contributed by atoms with Crippen molar-refractivity contribution in [1.29, 1.82) is 0 Å². The standard InChI is InChI=1S/C26H40N8O5S/c1-3-14(2)21(34-23(36)20(13-40)33-22(35)17(27)8-6-10-30-26(28)29)24(37)32-19(25(38)39)11-15-12-31-18-9-5-4-7-16(15)18/h4-5,7,9,12,14,17,19-21,31,40H,3,6,8,10-11,13,27H2,1-2H3,(H,32,37)(H,33,35)(H,34,36)(H,38,39)(H4,28,29,30). The summed E-state index contributed by atoms with van der Waals surface area (Å²) in [5.74, 6) is -3.49. The van der Waals surface area contributed by atoms with Gasteiger partial charge < -0.3 is 43.2 Å². The summed E-state index contributed by atoms with van der Waals surface area (Å²) in [5, 5.41) is 18.5. The van der Waals surface area contributed by atoms with Crippen molar-refractivity contribution in [3.63, 3.8) is 0 Å². The van der Waals surface area contributed by atoms with Crippen molar-refractivity contribution in [2.45, 2.75) is 63.7 Å². The van der Waals surface area contributed by atoms with Crippen molar-refractivity contribution in [2.24, 2.45) is 28.1 Å². The third kappa shape index (κ3) is 9.45. The third-order valence-electron chi connectivity index (χ3n) is 6.63. The number of guanidine groups is 1. The monoisotopic (exact) mass is 576 g/mol. The van der Waals surface area contributed by atoms with E-state index in [2.05, 4.69) is 38.6 Å². The van der Waals surface area contributed by atoms with Crippen molar-refractivity contribution in [3.8, 4) is 0 Å². The van der Waals surface area contributed by atoms with E-state index in [-0.39, 0.29) is 30.5 Å². The minimum atomic E-state index is -1.23. The number of amides is 3. The molecule has 5 unspecified atom stereocenters. The molecule has 14 heteroatoms. The van der Waals surface area contributed by atoms with E-state index in [9.17, 15) is 24.3 Å². The fraction of sp³-hybridized carbons (Fsp3) is 0.500. The second-order valence-electron chi connectivity index (χ2n) is 9.63. The number of nitrogens with two attached hydrogens (primary N) is 3. The number of nitrogens with one attached hydrogen (secondary N) is 4. The molecule has 0 bridgehead atoms. The Labute approximate surface area is 238 Å². The summed E-state index contributed by atoms with van der Waals surface area (Å²) in [7, 11) is 0. The molecule has 0 fully saturated rings. The highest BCUT2D eigenvalue weighted by atomic mass is 32.1. The number of para-hydroxylation sites is 1. The van der Waals surface area contributed by atoms with Gasteiger partial charge in [0.25, 0.3) is 0 Å². The number of carbonyl (C=O) groups is 4. The molecule has 0 saturated heterocycles. The number of carbonyl (C=O) groups excluding carboxylic acids is 3. The highest BCUT2D eigenvalue weighted by Gasteiger charge is 2.32. The molecule has 0 saturated carbocycles. The predicted octanol–water partition coefficient (Wildman–Crippen LogP) is -0.394. The smallest absolute Gasteiger partial charge is 0.326 e. The van der Waals surface area contributed by atoms with Gasteiger partial charge in [0, 0.05) is 35.8 Å². The molecule has 2 aromatic rings. The minimum absolute atomic E-state index is 0.0443. The fourth-order valence-corrected chi connectivity index (χ4v) is 4.32. The number of benzene rings is 1. The molecule has 2 rings (SSSR count). The summed E-state index contributed by atoms with van der Waals surface area (Å²) < 4.78 is 0. The van der Waals surface area contributed by atoms with Crippen molar-refractivity contribution in [1.82, 2.24) is 20.9 Å². The Bertz CT molecular complexity index is 1200. The zero-order chi connectivity index (χ0) is 29.8. The molecule has 0 aliphatic carbocycles. The Morgan fingerprint density at radius 3 is 2.35 bits per heavy atom. The number of hydrogen-bond acceptors (Lipinski definition) is 7. The lowest BCUT2D eigenvalue weighted by molar-refractivity contribution is -0.142. The fourth-order valence-electron chi connectivity index (χ4n) is 4.06. The van der Waals surface area contributed by atoms with Gasteiger partial charge in [-0.05, 0) is 30.4 Å². The Hall–Kier alpha value is -3.78. The quantitative estimate of drug-likeness (QED) is 0.0551. The molecule has 0 aliphatic heterocycles. The Morgan fingerprint density at radius 2 is 1.73 bits per heavy atom. The van der Waals surface area contributed by atoms with E-state index in [4.69, 9.17) is 17.2 Å². The number of fused-ring (bicyclic) bond motifs is 1. The van der Waals surface area contributed by atoms with E-state index in [1.807, 2.05) is 31.2 Å². The van der Waals surface area contributed by atoms with Crippen molar-refractivity contribution >= 4 is 53.2 Å². The van der Waals surface area contributed by atoms with Gasteiger partial charge in [-0.15, -0.1) is 0 Å². The molecule has 3 amide bonds. The molecule has 13 nitrogen and oxygen atoms in total. The first-order valence-corrected chi connectivity index (χ1v) is 13.7. The summed E-state index contributed by atoms with van der Waals surface area (Å²) in [5.41, 5.74) is 18.1. The molecule has 1 aromatic carbocycles. The number of aliphatic carboxylic acids is 1. The van der Waals surface area contributed by atoms with Gasteiger partial charge in [-0.3, -0.25) is 19.4 Å². The molecule has 0 spiro atoms. The number of nitrogens with zero attached hydrogens (tertiary/aromatic N) is 1. The van der Waals surface area contributed by atoms with Gasteiger partial charge in [-0.1, -0.05) is 38.5 Å². The van der Waals surface area contributed by atoms with E-state index in [0.29, 0.717) is 19.4 Å². The average Bonchev–Trinajstić information content (AvgIpc) is 3.33. The van der Waals surface area contributed by atoms with Crippen LogP contribution in [0.2, 0.25) is 0 Å². The Kier molecular flexibility index (Phi) is 12.7. The maximum atomic E-state index is 13.3. The SMILES string of the molecule is CCC(C)C(NC(=O)C(CS)NC(=O)C(N)CCCN=C(N)N)C(=O)NC(Cc1c[nH]c2ccccc12)C(=O)O. The van der Waals surface area contributed by atoms with Gasteiger partial charge >= 0.3 is 5.97 Å². The molecule has 1 aromatic heterocycles. The summed E-state index contributed by atoms with van der Waals surface area (Å²) in [6, 6.07) is 3.20. The molecule has 0 aliphatic rings. The molecule has 11 N–H and O–H groups in total. The molecule has 40 heavy (non-hydrogen) atoms. The number of carboxylic acid groups (broad SMARTS) is 1. The second kappa shape index (κ2) is 15.7. The summed E-state index contributed by atoms with van der Waals surface area (Å²) in [6.07, 6.45) is 3.03. The zero-order valence-electron chi connectivity index (χ0n) is 22.7. The first-order chi connectivity index (χ1) is 19.0. The van der Waals surface area contributed by atoms with E-state index < -0.39 is 47.9 Å². The number of hydrogen-bond donors (Lipinski definition) is 9. The first-order valence-electron chi connectivity index (χ1n) is 13.1. The second-order valence-corrected chi connectivity index (χ2v) is 10.00. The molecular weight excluding hydrogens is 536 g/mol. The van der Waals surface area contributed by atoms with Gasteiger partial charge in [0.2, 0.25) is 17.7 Å². The number of thiol groups is 1. The Balaban J connectivity index is 2.06.